The van der Waals surface area contributed by atoms with Crippen molar-refractivity contribution in [1.29, 1.82) is 0 Å². The summed E-state index contributed by atoms with van der Waals surface area (Å²) in [5.41, 5.74) is 0.879. The zero-order valence-electron chi connectivity index (χ0n) is 11.0. The minimum atomic E-state index is -0.643. The molecule has 0 atom stereocenters. The predicted molar refractivity (Wildman–Crippen MR) is 82.6 cm³/mol. The first-order chi connectivity index (χ1) is 10.1. The summed E-state index contributed by atoms with van der Waals surface area (Å²) in [5, 5.41) is 12.4. The topological polar surface area (TPSA) is 84.3 Å². The lowest BCUT2D eigenvalue weighted by atomic mass is 10.2. The first-order valence-electron chi connectivity index (χ1n) is 5.89. The Bertz CT molecular complexity index is 655. The van der Waals surface area contributed by atoms with E-state index in [1.54, 1.807) is 0 Å². The molecule has 110 valence electrons. The second kappa shape index (κ2) is 7.19. The van der Waals surface area contributed by atoms with E-state index >= 15 is 0 Å². The number of methoxy groups -OCH3 is 1. The number of aliphatic hydroxyl groups is 1. The van der Waals surface area contributed by atoms with Crippen LogP contribution in [0.15, 0.2) is 40.7 Å². The number of halogens is 1. The van der Waals surface area contributed by atoms with Crippen molar-refractivity contribution in [2.75, 3.05) is 7.11 Å². The Balaban J connectivity index is 2.03. The molecule has 2 aromatic rings. The minimum Gasteiger partial charge on any atom is -0.513 e. The Morgan fingerprint density at radius 1 is 1.48 bits per heavy atom. The number of nitrogens with zero attached hydrogens (tertiary/aromatic N) is 2. The fourth-order valence-corrected chi connectivity index (χ4v) is 2.36. The molecule has 0 saturated carbocycles. The van der Waals surface area contributed by atoms with Gasteiger partial charge in [0.05, 0.1) is 13.7 Å². The van der Waals surface area contributed by atoms with Gasteiger partial charge in [-0.05, 0) is 23.7 Å². The molecule has 8 heteroatoms. The zero-order chi connectivity index (χ0) is 15.2. The second-order valence-corrected chi connectivity index (χ2v) is 5.66. The van der Waals surface area contributed by atoms with Gasteiger partial charge in [0.2, 0.25) is 0 Å². The van der Waals surface area contributed by atoms with Crippen LogP contribution in [0.2, 0.25) is 0 Å². The van der Waals surface area contributed by atoms with Gasteiger partial charge in [0.1, 0.15) is 11.3 Å². The van der Waals surface area contributed by atoms with Gasteiger partial charge in [-0.3, -0.25) is 0 Å². The summed E-state index contributed by atoms with van der Waals surface area (Å²) in [6, 6.07) is 7.66. The Labute approximate surface area is 133 Å². The maximum absolute atomic E-state index is 11.3. The summed E-state index contributed by atoms with van der Waals surface area (Å²) in [5.74, 6) is -0.0213. The van der Waals surface area contributed by atoms with Crippen LogP contribution in [-0.2, 0) is 16.1 Å². The molecule has 0 fully saturated rings. The van der Waals surface area contributed by atoms with Gasteiger partial charge < -0.3 is 15.2 Å². The van der Waals surface area contributed by atoms with Crippen LogP contribution in [0.5, 0.6) is 0 Å². The van der Waals surface area contributed by atoms with E-state index in [1.165, 1.54) is 18.6 Å². The van der Waals surface area contributed by atoms with Gasteiger partial charge in [-0.1, -0.05) is 28.1 Å². The van der Waals surface area contributed by atoms with Crippen LogP contribution >= 0.6 is 27.5 Å². The molecule has 1 aromatic carbocycles. The van der Waals surface area contributed by atoms with Crippen LogP contribution in [0.1, 0.15) is 5.01 Å². The normalized spacial score (nSPS) is 11.2. The molecular formula is C13H12BrN3O3S. The number of carbonyl (C=O) groups excluding carboxylic acids is 1. The maximum atomic E-state index is 11.3. The van der Waals surface area contributed by atoms with Crippen LogP contribution in [0.25, 0.3) is 11.4 Å². The largest absolute Gasteiger partial charge is 0.513 e. The lowest BCUT2D eigenvalue weighted by molar-refractivity contribution is -0.136. The van der Waals surface area contributed by atoms with Crippen LogP contribution in [-0.4, -0.2) is 27.5 Å². The lowest BCUT2D eigenvalue weighted by Gasteiger charge is -2.05. The van der Waals surface area contributed by atoms with E-state index in [9.17, 15) is 4.79 Å². The van der Waals surface area contributed by atoms with Crippen LogP contribution in [0.4, 0.5) is 0 Å². The van der Waals surface area contributed by atoms with E-state index in [0.29, 0.717) is 17.1 Å². The predicted octanol–water partition coefficient (Wildman–Crippen LogP) is 2.63. The Hall–Kier alpha value is -1.93. The highest BCUT2D eigenvalue weighted by Gasteiger charge is 2.11. The average molecular weight is 370 g/mol. The number of benzene rings is 1. The van der Waals surface area contributed by atoms with Gasteiger partial charge in [0.25, 0.3) is 0 Å². The lowest BCUT2D eigenvalue weighted by Crippen LogP contribution is -2.21. The molecule has 1 aromatic heterocycles. The third-order valence-corrected chi connectivity index (χ3v) is 3.77. The molecule has 2 N–H and O–H groups in total. The molecule has 0 radical (unpaired) electrons. The molecule has 0 spiro atoms. The van der Waals surface area contributed by atoms with Crippen molar-refractivity contribution in [1.82, 2.24) is 14.7 Å². The second-order valence-electron chi connectivity index (χ2n) is 3.91. The summed E-state index contributed by atoms with van der Waals surface area (Å²) >= 11 is 4.59. The van der Waals surface area contributed by atoms with Gasteiger partial charge in [0.15, 0.2) is 11.5 Å². The van der Waals surface area contributed by atoms with Gasteiger partial charge >= 0.3 is 5.97 Å². The third-order valence-electron chi connectivity index (χ3n) is 2.53. The van der Waals surface area contributed by atoms with E-state index in [0.717, 1.165) is 10.0 Å². The first kappa shape index (κ1) is 15.5. The third kappa shape index (κ3) is 4.02. The molecule has 0 amide bonds. The molecule has 0 aliphatic carbocycles. The van der Waals surface area contributed by atoms with Crippen molar-refractivity contribution in [2.45, 2.75) is 6.54 Å². The number of hydrogen-bond acceptors (Lipinski definition) is 7. The summed E-state index contributed by atoms with van der Waals surface area (Å²) in [7, 11) is 1.24. The molecule has 1 heterocycles. The van der Waals surface area contributed by atoms with Gasteiger partial charge in [-0.2, -0.15) is 4.37 Å². The molecule has 0 aliphatic heterocycles. The summed E-state index contributed by atoms with van der Waals surface area (Å²) in [6.45, 7) is 0.274. The van der Waals surface area contributed by atoms with E-state index in [4.69, 9.17) is 5.11 Å². The number of aromatic nitrogens is 2. The molecule has 0 aliphatic rings. The van der Waals surface area contributed by atoms with Crippen molar-refractivity contribution >= 4 is 33.4 Å². The molecule has 0 unspecified atom stereocenters. The standard InChI is InChI=1S/C13H12BrN3O3S/c1-20-13(19)10(7-18)15-6-11-16-12(17-21-11)8-2-4-9(14)5-3-8/h2-5,7,15,18H,6H2,1H3/b10-7-. The maximum Gasteiger partial charge on any atom is 0.357 e. The molecule has 6 nitrogen and oxygen atoms in total. The molecular weight excluding hydrogens is 358 g/mol. The smallest absolute Gasteiger partial charge is 0.357 e. The SMILES string of the molecule is COC(=O)/C(=C/O)NCc1nc(-c2ccc(Br)cc2)ns1. The van der Waals surface area contributed by atoms with E-state index in [2.05, 4.69) is 35.3 Å². The van der Waals surface area contributed by atoms with Gasteiger partial charge in [-0.15, -0.1) is 0 Å². The van der Waals surface area contributed by atoms with Crippen molar-refractivity contribution in [3.05, 3.63) is 45.7 Å². The fraction of sp³-hybridized carbons (Fsp3) is 0.154. The number of esters is 1. The van der Waals surface area contributed by atoms with E-state index in [-0.39, 0.29) is 12.2 Å². The van der Waals surface area contributed by atoms with Crippen LogP contribution in [0, 0.1) is 0 Å². The zero-order valence-corrected chi connectivity index (χ0v) is 13.4. The number of carbonyl (C=O) groups is 1. The summed E-state index contributed by atoms with van der Waals surface area (Å²) < 4.78 is 9.76. The Kier molecular flexibility index (Phi) is 5.29. The number of aliphatic hydroxyl groups excluding tert-OH is 1. The fourth-order valence-electron chi connectivity index (χ4n) is 1.49. The molecule has 0 saturated heterocycles. The quantitative estimate of drug-likeness (QED) is 0.478. The highest BCUT2D eigenvalue weighted by atomic mass is 79.9. The van der Waals surface area contributed by atoms with E-state index < -0.39 is 5.97 Å². The Morgan fingerprint density at radius 2 is 2.19 bits per heavy atom. The summed E-state index contributed by atoms with van der Waals surface area (Å²) in [6.07, 6.45) is 0.669. The van der Waals surface area contributed by atoms with E-state index in [1.807, 2.05) is 24.3 Å². The molecule has 0 bridgehead atoms. The first-order valence-corrected chi connectivity index (χ1v) is 7.45. The summed E-state index contributed by atoms with van der Waals surface area (Å²) in [4.78, 5) is 15.6. The number of rotatable bonds is 5. The number of hydrogen-bond donors (Lipinski definition) is 2. The number of nitrogens with one attached hydrogen (secondary N) is 1. The highest BCUT2D eigenvalue weighted by molar-refractivity contribution is 9.10. The van der Waals surface area contributed by atoms with Crippen molar-refractivity contribution < 1.29 is 14.6 Å². The minimum absolute atomic E-state index is 0.0297. The monoisotopic (exact) mass is 369 g/mol. The van der Waals surface area contributed by atoms with Crippen molar-refractivity contribution in [3.63, 3.8) is 0 Å². The van der Waals surface area contributed by atoms with Crippen molar-refractivity contribution in [3.8, 4) is 11.4 Å². The van der Waals surface area contributed by atoms with Crippen LogP contribution in [0.3, 0.4) is 0 Å². The Morgan fingerprint density at radius 3 is 2.81 bits per heavy atom. The molecule has 2 rings (SSSR count). The van der Waals surface area contributed by atoms with Gasteiger partial charge in [-0.25, -0.2) is 9.78 Å². The average Bonchev–Trinajstić information content (AvgIpc) is 2.97. The highest BCUT2D eigenvalue weighted by Crippen LogP contribution is 2.20. The number of ether oxygens (including phenoxy) is 1. The van der Waals surface area contributed by atoms with Crippen LogP contribution < -0.4 is 5.32 Å². The van der Waals surface area contributed by atoms with Crippen molar-refractivity contribution in [2.24, 2.45) is 0 Å². The molecule has 21 heavy (non-hydrogen) atoms. The van der Waals surface area contributed by atoms with Gasteiger partial charge in [0, 0.05) is 10.0 Å².